The van der Waals surface area contributed by atoms with Crippen LogP contribution < -0.4 is 4.74 Å². The molecule has 0 amide bonds. The second-order valence-electron chi connectivity index (χ2n) is 5.60. The van der Waals surface area contributed by atoms with Crippen LogP contribution in [0.2, 0.25) is 0 Å². The van der Waals surface area contributed by atoms with E-state index in [0.717, 1.165) is 28.9 Å². The highest BCUT2D eigenvalue weighted by Crippen LogP contribution is 2.26. The van der Waals surface area contributed by atoms with Crippen LogP contribution in [0.3, 0.4) is 0 Å². The highest BCUT2D eigenvalue weighted by Gasteiger charge is 2.13. The molecule has 1 N–H and O–H groups in total. The van der Waals surface area contributed by atoms with Crippen molar-refractivity contribution in [3.05, 3.63) is 64.7 Å². The zero-order valence-corrected chi connectivity index (χ0v) is 13.8. The molecule has 2 aromatic carbocycles. The van der Waals surface area contributed by atoms with Crippen LogP contribution in [-0.2, 0) is 4.79 Å². The van der Waals surface area contributed by atoms with Crippen LogP contribution in [0.1, 0.15) is 35.6 Å². The molecule has 0 unspecified atom stereocenters. The van der Waals surface area contributed by atoms with E-state index in [1.165, 1.54) is 0 Å². The van der Waals surface area contributed by atoms with Gasteiger partial charge in [-0.1, -0.05) is 42.8 Å². The number of carboxylic acids is 1. The third-order valence-electron chi connectivity index (χ3n) is 3.54. The Morgan fingerprint density at radius 3 is 2.57 bits per heavy atom. The second-order valence-corrected chi connectivity index (χ2v) is 5.60. The third-order valence-corrected chi connectivity index (χ3v) is 3.54. The van der Waals surface area contributed by atoms with Gasteiger partial charge in [-0.3, -0.25) is 0 Å². The maximum atomic E-state index is 11.7. The molecule has 120 valence electrons. The van der Waals surface area contributed by atoms with Crippen LogP contribution in [0.25, 0.3) is 11.6 Å². The van der Waals surface area contributed by atoms with Gasteiger partial charge in [0, 0.05) is 0 Å². The topological polar surface area (TPSA) is 46.5 Å². The van der Waals surface area contributed by atoms with E-state index < -0.39 is 5.97 Å². The molecule has 0 aromatic heterocycles. The van der Waals surface area contributed by atoms with E-state index in [4.69, 9.17) is 4.74 Å². The number of rotatable bonds is 6. The lowest BCUT2D eigenvalue weighted by Gasteiger charge is -2.11. The molecular formula is C20H22O3. The Morgan fingerprint density at radius 2 is 1.96 bits per heavy atom. The van der Waals surface area contributed by atoms with Crippen molar-refractivity contribution in [1.29, 1.82) is 0 Å². The molecular weight excluding hydrogens is 288 g/mol. The summed E-state index contributed by atoms with van der Waals surface area (Å²) in [6.07, 6.45) is 2.65. The zero-order valence-electron chi connectivity index (χ0n) is 13.8. The number of aliphatic carboxylic acids is 1. The number of hydrogen-bond donors (Lipinski definition) is 1. The van der Waals surface area contributed by atoms with E-state index >= 15 is 0 Å². The Hall–Kier alpha value is -2.55. The molecule has 0 saturated carbocycles. The zero-order chi connectivity index (χ0) is 16.8. The summed E-state index contributed by atoms with van der Waals surface area (Å²) in [7, 11) is 0. The van der Waals surface area contributed by atoms with Crippen LogP contribution in [0, 0.1) is 13.8 Å². The predicted molar refractivity (Wildman–Crippen MR) is 93.7 cm³/mol. The number of carbonyl (C=O) groups is 1. The number of ether oxygens (including phenoxy) is 1. The van der Waals surface area contributed by atoms with Gasteiger partial charge in [0.25, 0.3) is 0 Å². The summed E-state index contributed by atoms with van der Waals surface area (Å²) in [6.45, 7) is 6.60. The van der Waals surface area contributed by atoms with E-state index in [-0.39, 0.29) is 5.57 Å². The summed E-state index contributed by atoms with van der Waals surface area (Å²) in [4.78, 5) is 11.7. The molecule has 0 aliphatic rings. The van der Waals surface area contributed by atoms with Crippen molar-refractivity contribution >= 4 is 17.6 Å². The standard InChI is InChI=1S/C20H22O3/c1-4-10-23-17-8-9-18(15(3)12-17)19(20(21)22)13-16-7-5-6-14(2)11-16/h5-9,11-13H,4,10H2,1-3H3,(H,21,22)/b19-13-. The van der Waals surface area contributed by atoms with Gasteiger partial charge in [0.05, 0.1) is 12.2 Å². The Bertz CT molecular complexity index is 729. The monoisotopic (exact) mass is 310 g/mol. The van der Waals surface area contributed by atoms with Crippen LogP contribution in [0.15, 0.2) is 42.5 Å². The summed E-state index contributed by atoms with van der Waals surface area (Å²) in [5, 5.41) is 9.59. The smallest absolute Gasteiger partial charge is 0.336 e. The maximum Gasteiger partial charge on any atom is 0.336 e. The van der Waals surface area contributed by atoms with Crippen LogP contribution in [0.5, 0.6) is 5.75 Å². The van der Waals surface area contributed by atoms with Crippen molar-refractivity contribution in [3.63, 3.8) is 0 Å². The van der Waals surface area contributed by atoms with Gasteiger partial charge in [0.1, 0.15) is 5.75 Å². The average Bonchev–Trinajstić information content (AvgIpc) is 2.51. The molecule has 0 aliphatic carbocycles. The molecule has 3 heteroatoms. The van der Waals surface area contributed by atoms with Gasteiger partial charge in [0.15, 0.2) is 0 Å². The largest absolute Gasteiger partial charge is 0.494 e. The van der Waals surface area contributed by atoms with Gasteiger partial charge < -0.3 is 9.84 Å². The first kappa shape index (κ1) is 16.8. The number of hydrogen-bond acceptors (Lipinski definition) is 2. The molecule has 23 heavy (non-hydrogen) atoms. The highest BCUT2D eigenvalue weighted by atomic mass is 16.5. The first-order valence-corrected chi connectivity index (χ1v) is 7.76. The van der Waals surface area contributed by atoms with E-state index in [2.05, 4.69) is 0 Å². The molecule has 0 radical (unpaired) electrons. The van der Waals surface area contributed by atoms with Crippen molar-refractivity contribution in [2.24, 2.45) is 0 Å². The molecule has 0 spiro atoms. The molecule has 0 fully saturated rings. The van der Waals surface area contributed by atoms with Crippen molar-refractivity contribution < 1.29 is 14.6 Å². The minimum Gasteiger partial charge on any atom is -0.494 e. The van der Waals surface area contributed by atoms with Crippen LogP contribution in [-0.4, -0.2) is 17.7 Å². The minimum absolute atomic E-state index is 0.287. The lowest BCUT2D eigenvalue weighted by molar-refractivity contribution is -0.130. The molecule has 2 aromatic rings. The fourth-order valence-corrected chi connectivity index (χ4v) is 2.43. The fraction of sp³-hybridized carbons (Fsp3) is 0.250. The normalized spacial score (nSPS) is 11.3. The molecule has 0 aliphatic heterocycles. The van der Waals surface area contributed by atoms with Crippen molar-refractivity contribution in [3.8, 4) is 5.75 Å². The van der Waals surface area contributed by atoms with Gasteiger partial charge in [-0.2, -0.15) is 0 Å². The van der Waals surface area contributed by atoms with E-state index in [0.29, 0.717) is 12.2 Å². The van der Waals surface area contributed by atoms with Crippen molar-refractivity contribution in [2.75, 3.05) is 6.61 Å². The first-order valence-electron chi connectivity index (χ1n) is 7.76. The molecule has 0 atom stereocenters. The summed E-state index contributed by atoms with van der Waals surface area (Å²) in [5.41, 5.74) is 3.87. The van der Waals surface area contributed by atoms with Crippen molar-refractivity contribution in [2.45, 2.75) is 27.2 Å². The summed E-state index contributed by atoms with van der Waals surface area (Å²) in [5.74, 6) is -0.162. The quantitative estimate of drug-likeness (QED) is 0.620. The highest BCUT2D eigenvalue weighted by molar-refractivity contribution is 6.21. The molecule has 3 nitrogen and oxygen atoms in total. The molecule has 0 heterocycles. The van der Waals surface area contributed by atoms with Crippen LogP contribution >= 0.6 is 0 Å². The maximum absolute atomic E-state index is 11.7. The lowest BCUT2D eigenvalue weighted by Crippen LogP contribution is -2.02. The predicted octanol–water partition coefficient (Wildman–Crippen LogP) is 4.72. The summed E-state index contributed by atoms with van der Waals surface area (Å²) < 4.78 is 5.60. The summed E-state index contributed by atoms with van der Waals surface area (Å²) in [6, 6.07) is 13.3. The van der Waals surface area contributed by atoms with Gasteiger partial charge in [-0.15, -0.1) is 0 Å². The number of aryl methyl sites for hydroxylation is 2. The van der Waals surface area contributed by atoms with Gasteiger partial charge in [-0.05, 0) is 55.2 Å². The first-order chi connectivity index (χ1) is 11.0. The SMILES string of the molecule is CCCOc1ccc(/C(=C/c2cccc(C)c2)C(=O)O)c(C)c1. The van der Waals surface area contributed by atoms with Gasteiger partial charge in [0.2, 0.25) is 0 Å². The fourth-order valence-electron chi connectivity index (χ4n) is 2.43. The number of carboxylic acid groups (broad SMARTS) is 1. The van der Waals surface area contributed by atoms with E-state index in [1.807, 2.05) is 63.2 Å². The molecule has 2 rings (SSSR count). The minimum atomic E-state index is -0.933. The Balaban J connectivity index is 2.40. The summed E-state index contributed by atoms with van der Waals surface area (Å²) >= 11 is 0. The molecule has 0 saturated heterocycles. The Kier molecular flexibility index (Phi) is 5.58. The van der Waals surface area contributed by atoms with E-state index in [9.17, 15) is 9.90 Å². The number of benzene rings is 2. The average molecular weight is 310 g/mol. The van der Waals surface area contributed by atoms with Crippen molar-refractivity contribution in [1.82, 2.24) is 0 Å². The Morgan fingerprint density at radius 1 is 1.17 bits per heavy atom. The molecule has 0 bridgehead atoms. The lowest BCUT2D eigenvalue weighted by atomic mass is 9.98. The Labute approximate surface area is 137 Å². The van der Waals surface area contributed by atoms with Crippen LogP contribution in [0.4, 0.5) is 0 Å². The van der Waals surface area contributed by atoms with E-state index in [1.54, 1.807) is 6.08 Å². The van der Waals surface area contributed by atoms with Gasteiger partial charge in [-0.25, -0.2) is 4.79 Å². The third kappa shape index (κ3) is 4.46. The van der Waals surface area contributed by atoms with Gasteiger partial charge >= 0.3 is 5.97 Å². The second kappa shape index (κ2) is 7.63.